The minimum Gasteiger partial charge on any atom is -0.480 e. The molecule has 0 radical (unpaired) electrons. The Balaban J connectivity index is 2.64. The summed E-state index contributed by atoms with van der Waals surface area (Å²) in [5.74, 6) is 1.16. The zero-order chi connectivity index (χ0) is 15.1. The van der Waals surface area contributed by atoms with Crippen molar-refractivity contribution in [1.82, 2.24) is 20.0 Å². The Morgan fingerprint density at radius 1 is 1.60 bits per heavy atom. The van der Waals surface area contributed by atoms with Gasteiger partial charge in [0.2, 0.25) is 0 Å². The first kappa shape index (κ1) is 15.6. The zero-order valence-electron chi connectivity index (χ0n) is 11.6. The second kappa shape index (κ2) is 7.19. The molecule has 1 heterocycles. The van der Waals surface area contributed by atoms with Crippen molar-refractivity contribution >= 4 is 12.0 Å². The van der Waals surface area contributed by atoms with Crippen LogP contribution in [0, 0.1) is 12.3 Å². The van der Waals surface area contributed by atoms with Crippen molar-refractivity contribution in [2.75, 3.05) is 13.1 Å². The average molecular weight is 278 g/mol. The summed E-state index contributed by atoms with van der Waals surface area (Å²) in [5, 5.41) is 15.6. The Labute approximate surface area is 117 Å². The maximum atomic E-state index is 11.9. The topological polar surface area (TPSA) is 87.5 Å². The highest BCUT2D eigenvalue weighted by atomic mass is 16.4. The molecule has 0 aliphatic carbocycles. The van der Waals surface area contributed by atoms with Crippen molar-refractivity contribution in [1.29, 1.82) is 0 Å². The molecular formula is C13H18N4O3. The van der Waals surface area contributed by atoms with E-state index in [1.807, 2.05) is 13.1 Å². The summed E-state index contributed by atoms with van der Waals surface area (Å²) < 4.78 is 1.68. The minimum atomic E-state index is -1.11. The number of nitrogens with one attached hydrogen (secondary N) is 1. The number of aliphatic carboxylic acids is 1. The van der Waals surface area contributed by atoms with Crippen molar-refractivity contribution in [3.63, 3.8) is 0 Å². The van der Waals surface area contributed by atoms with Gasteiger partial charge >= 0.3 is 12.0 Å². The van der Waals surface area contributed by atoms with Crippen LogP contribution >= 0.6 is 0 Å². The van der Waals surface area contributed by atoms with Crippen LogP contribution in [-0.4, -0.2) is 44.9 Å². The number of terminal acetylenes is 1. The van der Waals surface area contributed by atoms with Crippen molar-refractivity contribution < 1.29 is 14.7 Å². The van der Waals surface area contributed by atoms with Crippen LogP contribution in [-0.2, 0) is 24.8 Å². The maximum Gasteiger partial charge on any atom is 0.323 e. The number of amides is 2. The van der Waals surface area contributed by atoms with E-state index in [1.54, 1.807) is 11.7 Å². The predicted octanol–water partition coefficient (Wildman–Crippen LogP) is 0.212. The van der Waals surface area contributed by atoms with E-state index in [2.05, 4.69) is 16.3 Å². The lowest BCUT2D eigenvalue weighted by atomic mass is 10.2. The number of hydrogen-bond donors (Lipinski definition) is 2. The van der Waals surface area contributed by atoms with E-state index in [0.717, 1.165) is 22.6 Å². The molecule has 0 atom stereocenters. The molecule has 2 amide bonds. The Morgan fingerprint density at radius 2 is 2.30 bits per heavy atom. The van der Waals surface area contributed by atoms with E-state index in [0.29, 0.717) is 0 Å². The number of nitrogens with zero attached hydrogens (tertiary/aromatic N) is 3. The lowest BCUT2D eigenvalue weighted by molar-refractivity contribution is -0.137. The summed E-state index contributed by atoms with van der Waals surface area (Å²) in [4.78, 5) is 23.6. The van der Waals surface area contributed by atoms with Crippen molar-refractivity contribution in [3.8, 4) is 12.3 Å². The summed E-state index contributed by atoms with van der Waals surface area (Å²) in [5.41, 5.74) is 1.80. The van der Waals surface area contributed by atoms with Crippen LogP contribution in [0.25, 0.3) is 0 Å². The van der Waals surface area contributed by atoms with Gasteiger partial charge in [0.1, 0.15) is 6.54 Å². The van der Waals surface area contributed by atoms with Crippen LogP contribution in [0.5, 0.6) is 0 Å². The van der Waals surface area contributed by atoms with E-state index >= 15 is 0 Å². The molecule has 20 heavy (non-hydrogen) atoms. The molecule has 0 aliphatic rings. The van der Waals surface area contributed by atoms with Crippen LogP contribution in [0.15, 0.2) is 6.20 Å². The lowest BCUT2D eigenvalue weighted by Crippen LogP contribution is -2.42. The first-order valence-corrected chi connectivity index (χ1v) is 6.17. The molecule has 7 heteroatoms. The number of carbonyl (C=O) groups excluding carboxylic acids is 1. The van der Waals surface area contributed by atoms with Crippen molar-refractivity contribution in [2.45, 2.75) is 19.9 Å². The van der Waals surface area contributed by atoms with E-state index in [9.17, 15) is 9.59 Å². The van der Waals surface area contributed by atoms with E-state index in [1.165, 1.54) is 0 Å². The molecule has 0 saturated heterocycles. The average Bonchev–Trinajstić information content (AvgIpc) is 2.75. The molecular weight excluding hydrogens is 260 g/mol. The quantitative estimate of drug-likeness (QED) is 0.728. The van der Waals surface area contributed by atoms with Gasteiger partial charge in [-0.3, -0.25) is 9.48 Å². The van der Waals surface area contributed by atoms with Crippen LogP contribution in [0.4, 0.5) is 4.79 Å². The summed E-state index contributed by atoms with van der Waals surface area (Å²) in [6.07, 6.45) is 7.70. The fourth-order valence-electron chi connectivity index (χ4n) is 1.78. The smallest absolute Gasteiger partial charge is 0.323 e. The van der Waals surface area contributed by atoms with E-state index < -0.39 is 18.5 Å². The third-order valence-electron chi connectivity index (χ3n) is 2.65. The first-order chi connectivity index (χ1) is 9.47. The van der Waals surface area contributed by atoms with Gasteiger partial charge in [-0.05, 0) is 6.42 Å². The van der Waals surface area contributed by atoms with Gasteiger partial charge in [0.05, 0.1) is 12.2 Å². The van der Waals surface area contributed by atoms with Gasteiger partial charge < -0.3 is 15.3 Å². The second-order valence-electron chi connectivity index (χ2n) is 4.24. The second-order valence-corrected chi connectivity index (χ2v) is 4.24. The number of aryl methyl sites for hydroxylation is 2. The Bertz CT molecular complexity index is 530. The maximum absolute atomic E-state index is 11.9. The lowest BCUT2D eigenvalue weighted by Gasteiger charge is -2.18. The van der Waals surface area contributed by atoms with Crippen LogP contribution < -0.4 is 5.32 Å². The van der Waals surface area contributed by atoms with E-state index in [4.69, 9.17) is 11.5 Å². The number of urea groups is 1. The molecule has 0 fully saturated rings. The summed E-state index contributed by atoms with van der Waals surface area (Å²) >= 11 is 0. The zero-order valence-corrected chi connectivity index (χ0v) is 11.6. The number of carboxylic acid groups (broad SMARTS) is 1. The van der Waals surface area contributed by atoms with Gasteiger partial charge in [-0.15, -0.1) is 6.42 Å². The van der Waals surface area contributed by atoms with Crippen LogP contribution in [0.3, 0.4) is 0 Å². The summed E-state index contributed by atoms with van der Waals surface area (Å²) in [6, 6.07) is -0.503. The molecule has 1 aromatic heterocycles. The number of carboxylic acids is 1. The highest BCUT2D eigenvalue weighted by Gasteiger charge is 2.16. The highest BCUT2D eigenvalue weighted by Crippen LogP contribution is 2.06. The third kappa shape index (κ3) is 4.31. The van der Waals surface area contributed by atoms with Gasteiger partial charge in [-0.25, -0.2) is 4.79 Å². The van der Waals surface area contributed by atoms with Gasteiger partial charge in [-0.2, -0.15) is 5.10 Å². The normalized spacial score (nSPS) is 9.85. The Kier molecular flexibility index (Phi) is 5.59. The summed E-state index contributed by atoms with van der Waals surface area (Å²) in [6.45, 7) is 1.79. The minimum absolute atomic E-state index is 0.0498. The van der Waals surface area contributed by atoms with Gasteiger partial charge in [0.25, 0.3) is 0 Å². The molecule has 0 saturated carbocycles. The molecule has 0 spiro atoms. The SMILES string of the molecule is C#CCN(CC(=O)O)C(=O)NCc1cn(C)nc1CC. The number of aromatic nitrogens is 2. The predicted molar refractivity (Wildman–Crippen MR) is 72.9 cm³/mol. The fraction of sp³-hybridized carbons (Fsp3) is 0.462. The van der Waals surface area contributed by atoms with Crippen LogP contribution in [0.1, 0.15) is 18.2 Å². The molecule has 1 rings (SSSR count). The largest absolute Gasteiger partial charge is 0.480 e. The number of rotatable bonds is 6. The van der Waals surface area contributed by atoms with Crippen molar-refractivity contribution in [3.05, 3.63) is 17.5 Å². The number of hydrogen-bond acceptors (Lipinski definition) is 3. The molecule has 0 aliphatic heterocycles. The first-order valence-electron chi connectivity index (χ1n) is 6.17. The highest BCUT2D eigenvalue weighted by molar-refractivity contribution is 5.80. The Morgan fingerprint density at radius 3 is 2.85 bits per heavy atom. The number of carbonyl (C=O) groups is 2. The third-order valence-corrected chi connectivity index (χ3v) is 2.65. The standard InChI is InChI=1S/C13H18N4O3/c1-4-6-17(9-12(18)19)13(20)14-7-10-8-16(3)15-11(10)5-2/h1,8H,5-7,9H2,2-3H3,(H,14,20)(H,18,19). The fourth-order valence-corrected chi connectivity index (χ4v) is 1.78. The molecule has 1 aromatic rings. The van der Waals surface area contributed by atoms with Gasteiger partial charge in [0, 0.05) is 25.4 Å². The molecule has 108 valence electrons. The van der Waals surface area contributed by atoms with Crippen molar-refractivity contribution in [2.24, 2.45) is 7.05 Å². The van der Waals surface area contributed by atoms with E-state index in [-0.39, 0.29) is 13.1 Å². The van der Waals surface area contributed by atoms with Gasteiger partial charge in [0.15, 0.2) is 0 Å². The summed E-state index contributed by atoms with van der Waals surface area (Å²) in [7, 11) is 1.81. The van der Waals surface area contributed by atoms with Gasteiger partial charge in [-0.1, -0.05) is 12.8 Å². The molecule has 2 N–H and O–H groups in total. The molecule has 7 nitrogen and oxygen atoms in total. The Hall–Kier alpha value is -2.49. The molecule has 0 bridgehead atoms. The molecule has 0 aromatic carbocycles. The van der Waals surface area contributed by atoms with Crippen LogP contribution in [0.2, 0.25) is 0 Å². The molecule has 0 unspecified atom stereocenters. The monoisotopic (exact) mass is 278 g/mol.